The van der Waals surface area contributed by atoms with Gasteiger partial charge in [-0.15, -0.1) is 0 Å². The van der Waals surface area contributed by atoms with Crippen LogP contribution in [-0.2, 0) is 17.8 Å². The fourth-order valence-electron chi connectivity index (χ4n) is 4.27. The molecule has 3 aromatic carbocycles. The molecule has 6 heteroatoms. The smallest absolute Gasteiger partial charge is 0.217 e. The molecule has 1 unspecified atom stereocenters. The average Bonchev–Trinajstić information content (AvgIpc) is 2.82. The third-order valence-corrected chi connectivity index (χ3v) is 6.37. The van der Waals surface area contributed by atoms with Gasteiger partial charge in [0.05, 0.1) is 0 Å². The van der Waals surface area contributed by atoms with Gasteiger partial charge in [0.1, 0.15) is 11.6 Å². The first-order chi connectivity index (χ1) is 16.8. The van der Waals surface area contributed by atoms with E-state index in [0.29, 0.717) is 24.6 Å². The number of hydrogen-bond acceptors (Lipinski definition) is 3. The van der Waals surface area contributed by atoms with Gasteiger partial charge in [0.25, 0.3) is 0 Å². The van der Waals surface area contributed by atoms with Crippen molar-refractivity contribution in [3.63, 3.8) is 0 Å². The lowest BCUT2D eigenvalue weighted by molar-refractivity contribution is -0.119. The Morgan fingerprint density at radius 3 is 2.31 bits per heavy atom. The zero-order chi connectivity index (χ0) is 25.4. The molecule has 0 aliphatic rings. The Hall–Kier alpha value is -3.09. The molecule has 0 aliphatic heterocycles. The summed E-state index contributed by atoms with van der Waals surface area (Å²) in [6.07, 6.45) is 1.29. The van der Waals surface area contributed by atoms with Crippen molar-refractivity contribution >= 4 is 5.91 Å². The first-order valence-electron chi connectivity index (χ1n) is 12.1. The van der Waals surface area contributed by atoms with Crippen LogP contribution in [0.5, 0.6) is 0 Å². The van der Waals surface area contributed by atoms with Gasteiger partial charge in [-0.2, -0.15) is 0 Å². The number of benzene rings is 3. The van der Waals surface area contributed by atoms with Crippen LogP contribution in [0.1, 0.15) is 49.8 Å². The fraction of sp³-hybridized carbons (Fsp3) is 0.345. The molecule has 0 heterocycles. The minimum absolute atomic E-state index is 0.232. The van der Waals surface area contributed by atoms with Gasteiger partial charge in [0.2, 0.25) is 5.91 Å². The SMILES string of the molecule is CCC(C)c1ccc(-c2ccccc2)c(CNC[C@@H](N)[C@H](Cc2cc(F)cc(F)c2)NC(C)=O)c1. The minimum atomic E-state index is -0.650. The van der Waals surface area contributed by atoms with Crippen molar-refractivity contribution in [1.82, 2.24) is 10.6 Å². The first kappa shape index (κ1) is 26.5. The second-order valence-corrected chi connectivity index (χ2v) is 9.18. The Bertz CT molecular complexity index is 1100. The summed E-state index contributed by atoms with van der Waals surface area (Å²) in [6, 6.07) is 19.3. The molecule has 4 nitrogen and oxygen atoms in total. The van der Waals surface area contributed by atoms with E-state index in [1.165, 1.54) is 30.2 Å². The van der Waals surface area contributed by atoms with Crippen LogP contribution in [0.15, 0.2) is 66.7 Å². The second kappa shape index (κ2) is 12.6. The summed E-state index contributed by atoms with van der Waals surface area (Å²) in [7, 11) is 0. The molecule has 0 saturated carbocycles. The maximum absolute atomic E-state index is 13.7. The molecule has 0 bridgehead atoms. The highest BCUT2D eigenvalue weighted by Gasteiger charge is 2.20. The van der Waals surface area contributed by atoms with E-state index in [1.807, 2.05) is 18.2 Å². The molecular formula is C29H35F2N3O. The van der Waals surface area contributed by atoms with Crippen LogP contribution < -0.4 is 16.4 Å². The van der Waals surface area contributed by atoms with Crippen molar-refractivity contribution in [3.05, 3.63) is 95.1 Å². The van der Waals surface area contributed by atoms with E-state index >= 15 is 0 Å². The van der Waals surface area contributed by atoms with Gasteiger partial charge < -0.3 is 16.4 Å². The molecule has 35 heavy (non-hydrogen) atoms. The summed E-state index contributed by atoms with van der Waals surface area (Å²) < 4.78 is 27.3. The summed E-state index contributed by atoms with van der Waals surface area (Å²) in [6.45, 7) is 6.83. The van der Waals surface area contributed by atoms with Crippen molar-refractivity contribution in [2.24, 2.45) is 5.73 Å². The van der Waals surface area contributed by atoms with Crippen molar-refractivity contribution < 1.29 is 13.6 Å². The number of carbonyl (C=O) groups is 1. The van der Waals surface area contributed by atoms with Gasteiger partial charge >= 0.3 is 0 Å². The lowest BCUT2D eigenvalue weighted by Gasteiger charge is -2.25. The fourth-order valence-corrected chi connectivity index (χ4v) is 4.27. The Balaban J connectivity index is 1.74. The van der Waals surface area contributed by atoms with E-state index in [0.717, 1.165) is 23.6 Å². The standard InChI is InChI=1S/C29H35F2N3O/c1-4-19(2)23-10-11-27(22-8-6-5-7-9-22)24(15-23)17-33-18-28(32)29(34-20(3)35)14-21-12-25(30)16-26(31)13-21/h5-13,15-16,19,28-29,33H,4,14,17-18,32H2,1-3H3,(H,34,35)/t19?,28-,29+/m1/s1. The molecule has 3 atom stereocenters. The largest absolute Gasteiger partial charge is 0.352 e. The number of hydrogen-bond donors (Lipinski definition) is 3. The molecule has 0 spiro atoms. The van der Waals surface area contributed by atoms with E-state index < -0.39 is 23.7 Å². The molecule has 0 radical (unpaired) electrons. The zero-order valence-corrected chi connectivity index (χ0v) is 20.7. The third-order valence-electron chi connectivity index (χ3n) is 6.37. The molecule has 0 fully saturated rings. The lowest BCUT2D eigenvalue weighted by Crippen LogP contribution is -2.52. The summed E-state index contributed by atoms with van der Waals surface area (Å²) in [4.78, 5) is 11.8. The van der Waals surface area contributed by atoms with Crippen LogP contribution >= 0.6 is 0 Å². The molecule has 3 rings (SSSR count). The predicted octanol–water partition coefficient (Wildman–Crippen LogP) is 5.31. The highest BCUT2D eigenvalue weighted by Crippen LogP contribution is 2.28. The number of nitrogens with one attached hydrogen (secondary N) is 2. The van der Waals surface area contributed by atoms with E-state index in [2.05, 4.69) is 54.8 Å². The molecule has 0 aromatic heterocycles. The van der Waals surface area contributed by atoms with Crippen molar-refractivity contribution in [1.29, 1.82) is 0 Å². The number of amides is 1. The monoisotopic (exact) mass is 479 g/mol. The predicted molar refractivity (Wildman–Crippen MR) is 138 cm³/mol. The molecule has 1 amide bonds. The van der Waals surface area contributed by atoms with Crippen molar-refractivity contribution in [3.8, 4) is 11.1 Å². The minimum Gasteiger partial charge on any atom is -0.352 e. The zero-order valence-electron chi connectivity index (χ0n) is 20.7. The molecule has 4 N–H and O–H groups in total. The van der Waals surface area contributed by atoms with Gasteiger partial charge in [-0.1, -0.05) is 62.4 Å². The van der Waals surface area contributed by atoms with Crippen LogP contribution in [-0.4, -0.2) is 24.5 Å². The van der Waals surface area contributed by atoms with Gasteiger partial charge in [-0.25, -0.2) is 8.78 Å². The Kier molecular flexibility index (Phi) is 9.52. The number of carbonyl (C=O) groups excluding carboxylic acids is 1. The van der Waals surface area contributed by atoms with E-state index in [-0.39, 0.29) is 12.3 Å². The molecule has 186 valence electrons. The topological polar surface area (TPSA) is 67.2 Å². The van der Waals surface area contributed by atoms with E-state index in [9.17, 15) is 13.6 Å². The van der Waals surface area contributed by atoms with Gasteiger partial charge in [-0.3, -0.25) is 4.79 Å². The average molecular weight is 480 g/mol. The van der Waals surface area contributed by atoms with Crippen LogP contribution in [0, 0.1) is 11.6 Å². The van der Waals surface area contributed by atoms with Gasteiger partial charge in [0.15, 0.2) is 0 Å². The summed E-state index contributed by atoms with van der Waals surface area (Å²) in [5.74, 6) is -1.09. The van der Waals surface area contributed by atoms with Crippen molar-refractivity contribution in [2.45, 2.75) is 58.2 Å². The summed E-state index contributed by atoms with van der Waals surface area (Å²) in [5.41, 5.74) is 11.7. The molecular weight excluding hydrogens is 444 g/mol. The maximum atomic E-state index is 13.7. The Morgan fingerprint density at radius 2 is 1.69 bits per heavy atom. The normalized spacial score (nSPS) is 13.8. The van der Waals surface area contributed by atoms with Crippen LogP contribution in [0.4, 0.5) is 8.78 Å². The Labute approximate surface area is 206 Å². The van der Waals surface area contributed by atoms with Crippen LogP contribution in [0.25, 0.3) is 11.1 Å². The Morgan fingerprint density at radius 1 is 1.00 bits per heavy atom. The second-order valence-electron chi connectivity index (χ2n) is 9.18. The lowest BCUT2D eigenvalue weighted by atomic mass is 9.91. The first-order valence-corrected chi connectivity index (χ1v) is 12.1. The molecule has 3 aromatic rings. The highest BCUT2D eigenvalue weighted by molar-refractivity contribution is 5.73. The number of nitrogens with two attached hydrogens (primary N) is 1. The summed E-state index contributed by atoms with van der Waals surface area (Å²) in [5, 5.41) is 6.27. The quantitative estimate of drug-likeness (QED) is 0.349. The summed E-state index contributed by atoms with van der Waals surface area (Å²) >= 11 is 0. The number of halogens is 2. The van der Waals surface area contributed by atoms with Gasteiger partial charge in [-0.05, 0) is 58.7 Å². The van der Waals surface area contributed by atoms with E-state index in [1.54, 1.807) is 0 Å². The van der Waals surface area contributed by atoms with Crippen LogP contribution in [0.3, 0.4) is 0 Å². The third kappa shape index (κ3) is 7.70. The maximum Gasteiger partial charge on any atom is 0.217 e. The van der Waals surface area contributed by atoms with Crippen LogP contribution in [0.2, 0.25) is 0 Å². The molecule has 0 aliphatic carbocycles. The van der Waals surface area contributed by atoms with E-state index in [4.69, 9.17) is 5.73 Å². The van der Waals surface area contributed by atoms with Gasteiger partial charge in [0, 0.05) is 38.2 Å². The molecule has 0 saturated heterocycles. The number of rotatable bonds is 11. The highest BCUT2D eigenvalue weighted by atomic mass is 19.1. The van der Waals surface area contributed by atoms with Crippen molar-refractivity contribution in [2.75, 3.05) is 6.54 Å².